The predicted octanol–water partition coefficient (Wildman–Crippen LogP) is 4.60. The summed E-state index contributed by atoms with van der Waals surface area (Å²) in [4.78, 5) is 43.0. The van der Waals surface area contributed by atoms with Crippen molar-refractivity contribution in [2.75, 3.05) is 11.9 Å². The average molecular weight is 475 g/mol. The Morgan fingerprint density at radius 2 is 1.91 bits per heavy atom. The number of amides is 2. The minimum atomic E-state index is -0.248. The molecule has 0 aliphatic carbocycles. The number of hydrogen-bond acceptors (Lipinski definition) is 5. The summed E-state index contributed by atoms with van der Waals surface area (Å²) in [6.07, 6.45) is 2.44. The van der Waals surface area contributed by atoms with Crippen LogP contribution in [-0.4, -0.2) is 27.9 Å². The monoisotopic (exact) mass is 474 g/mol. The number of aromatic nitrogens is 2. The second-order valence-corrected chi connectivity index (χ2v) is 8.93. The van der Waals surface area contributed by atoms with E-state index in [1.807, 2.05) is 43.5 Å². The van der Waals surface area contributed by atoms with Gasteiger partial charge < -0.3 is 10.6 Å². The Kier molecular flexibility index (Phi) is 7.18. The molecule has 0 aliphatic rings. The fraction of sp³-hybridized carbons (Fsp3) is 0.231. The Hall–Kier alpha value is -3.78. The molecule has 0 radical (unpaired) electrons. The minimum absolute atomic E-state index is 0.101. The standard InChI is InChI=1S/C26H26N4O3S/c1-3-12-27-24(32)19-5-4-6-20(14-19)29-22(31)11-13-30-16-28-25-23(26(30)33)21(15-34-25)18-9-7-17(2)8-10-18/h4-10,14-16H,3,11-13H2,1-2H3,(H,27,32)(H,29,31). The largest absolute Gasteiger partial charge is 0.352 e. The van der Waals surface area contributed by atoms with Gasteiger partial charge in [-0.25, -0.2) is 4.98 Å². The van der Waals surface area contributed by atoms with Crippen molar-refractivity contribution in [1.29, 1.82) is 0 Å². The molecule has 2 aromatic heterocycles. The van der Waals surface area contributed by atoms with Gasteiger partial charge in [-0.05, 0) is 37.1 Å². The van der Waals surface area contributed by atoms with Crippen LogP contribution in [0.25, 0.3) is 21.3 Å². The van der Waals surface area contributed by atoms with Crippen molar-refractivity contribution in [2.45, 2.75) is 33.2 Å². The summed E-state index contributed by atoms with van der Waals surface area (Å²) >= 11 is 1.43. The van der Waals surface area contributed by atoms with Gasteiger partial charge in [0.1, 0.15) is 4.83 Å². The van der Waals surface area contributed by atoms with E-state index in [0.29, 0.717) is 28.0 Å². The predicted molar refractivity (Wildman–Crippen MR) is 136 cm³/mol. The van der Waals surface area contributed by atoms with Gasteiger partial charge in [0.25, 0.3) is 11.5 Å². The first kappa shape index (κ1) is 23.4. The summed E-state index contributed by atoms with van der Waals surface area (Å²) in [5.41, 5.74) is 3.83. The van der Waals surface area contributed by atoms with Crippen molar-refractivity contribution in [3.05, 3.63) is 81.7 Å². The molecule has 4 aromatic rings. The van der Waals surface area contributed by atoms with Crippen molar-refractivity contribution < 1.29 is 9.59 Å². The number of anilines is 1. The van der Waals surface area contributed by atoms with Crippen molar-refractivity contribution >= 4 is 39.1 Å². The van der Waals surface area contributed by atoms with Crippen molar-refractivity contribution in [3.8, 4) is 11.1 Å². The molecule has 7 nitrogen and oxygen atoms in total. The molecular weight excluding hydrogens is 448 g/mol. The lowest BCUT2D eigenvalue weighted by molar-refractivity contribution is -0.116. The number of hydrogen-bond donors (Lipinski definition) is 2. The zero-order valence-corrected chi connectivity index (χ0v) is 19.9. The molecule has 0 spiro atoms. The van der Waals surface area contributed by atoms with Gasteiger partial charge in [0.05, 0.1) is 11.7 Å². The molecule has 2 amide bonds. The summed E-state index contributed by atoms with van der Waals surface area (Å²) in [5, 5.41) is 8.14. The Balaban J connectivity index is 1.46. The lowest BCUT2D eigenvalue weighted by atomic mass is 10.1. The zero-order valence-electron chi connectivity index (χ0n) is 19.1. The number of thiophene rings is 1. The van der Waals surface area contributed by atoms with E-state index in [2.05, 4.69) is 15.6 Å². The third kappa shape index (κ3) is 5.23. The van der Waals surface area contributed by atoms with Crippen molar-refractivity contribution in [2.24, 2.45) is 0 Å². The lowest BCUT2D eigenvalue weighted by Crippen LogP contribution is -2.24. The molecule has 4 rings (SSSR count). The number of benzene rings is 2. The van der Waals surface area contributed by atoms with Crippen LogP contribution in [0, 0.1) is 6.92 Å². The number of aryl methyl sites for hydroxylation is 2. The quantitative estimate of drug-likeness (QED) is 0.390. The van der Waals surface area contributed by atoms with Crippen LogP contribution in [0.1, 0.15) is 35.7 Å². The van der Waals surface area contributed by atoms with E-state index in [0.717, 1.165) is 23.1 Å². The Morgan fingerprint density at radius 3 is 2.68 bits per heavy atom. The van der Waals surface area contributed by atoms with E-state index < -0.39 is 0 Å². The number of nitrogens with zero attached hydrogens (tertiary/aromatic N) is 2. The number of carbonyl (C=O) groups is 2. The van der Waals surface area contributed by atoms with Crippen molar-refractivity contribution in [1.82, 2.24) is 14.9 Å². The highest BCUT2D eigenvalue weighted by atomic mass is 32.1. The highest BCUT2D eigenvalue weighted by Crippen LogP contribution is 2.30. The summed E-state index contributed by atoms with van der Waals surface area (Å²) < 4.78 is 1.47. The molecule has 34 heavy (non-hydrogen) atoms. The molecule has 0 bridgehead atoms. The van der Waals surface area contributed by atoms with E-state index in [-0.39, 0.29) is 30.3 Å². The summed E-state index contributed by atoms with van der Waals surface area (Å²) in [5.74, 6) is -0.425. The van der Waals surface area contributed by atoms with Gasteiger partial charge in [0, 0.05) is 41.7 Å². The maximum atomic E-state index is 13.2. The average Bonchev–Trinajstić information content (AvgIpc) is 3.28. The maximum absolute atomic E-state index is 13.2. The highest BCUT2D eigenvalue weighted by Gasteiger charge is 2.14. The van der Waals surface area contributed by atoms with Crippen LogP contribution in [0.15, 0.2) is 65.0 Å². The number of fused-ring (bicyclic) bond motifs is 1. The molecule has 2 aromatic carbocycles. The van der Waals surface area contributed by atoms with Gasteiger partial charge in [0.2, 0.25) is 5.91 Å². The van der Waals surface area contributed by atoms with E-state index in [1.165, 1.54) is 22.2 Å². The summed E-state index contributed by atoms with van der Waals surface area (Å²) in [6, 6.07) is 14.8. The molecule has 0 aliphatic heterocycles. The topological polar surface area (TPSA) is 93.1 Å². The van der Waals surface area contributed by atoms with Gasteiger partial charge in [-0.15, -0.1) is 11.3 Å². The van der Waals surface area contributed by atoms with Crippen LogP contribution in [0.3, 0.4) is 0 Å². The Morgan fingerprint density at radius 1 is 1.12 bits per heavy atom. The fourth-order valence-corrected chi connectivity index (χ4v) is 4.50. The molecule has 174 valence electrons. The lowest BCUT2D eigenvalue weighted by Gasteiger charge is -2.09. The number of carbonyl (C=O) groups excluding carboxylic acids is 2. The van der Waals surface area contributed by atoms with Crippen LogP contribution >= 0.6 is 11.3 Å². The van der Waals surface area contributed by atoms with Gasteiger partial charge in [-0.1, -0.05) is 42.8 Å². The first-order valence-electron chi connectivity index (χ1n) is 11.2. The van der Waals surface area contributed by atoms with Crippen LogP contribution in [-0.2, 0) is 11.3 Å². The normalized spacial score (nSPS) is 10.9. The third-order valence-electron chi connectivity index (χ3n) is 5.45. The van der Waals surface area contributed by atoms with Crippen LogP contribution < -0.4 is 16.2 Å². The van der Waals surface area contributed by atoms with E-state index in [9.17, 15) is 14.4 Å². The highest BCUT2D eigenvalue weighted by molar-refractivity contribution is 7.17. The minimum Gasteiger partial charge on any atom is -0.352 e. The van der Waals surface area contributed by atoms with Gasteiger partial charge in [-0.2, -0.15) is 0 Å². The molecular formula is C26H26N4O3S. The second kappa shape index (κ2) is 10.4. The van der Waals surface area contributed by atoms with Crippen molar-refractivity contribution in [3.63, 3.8) is 0 Å². The zero-order chi connectivity index (χ0) is 24.1. The SMILES string of the molecule is CCCNC(=O)c1cccc(NC(=O)CCn2cnc3scc(-c4ccc(C)cc4)c3c2=O)c1. The molecule has 0 saturated heterocycles. The molecule has 2 N–H and O–H groups in total. The smallest absolute Gasteiger partial charge is 0.262 e. The fourth-order valence-electron chi connectivity index (χ4n) is 3.60. The Bertz CT molecular complexity index is 1390. The first-order chi connectivity index (χ1) is 16.5. The third-order valence-corrected chi connectivity index (χ3v) is 6.33. The van der Waals surface area contributed by atoms with Gasteiger partial charge in [0.15, 0.2) is 0 Å². The maximum Gasteiger partial charge on any atom is 0.262 e. The van der Waals surface area contributed by atoms with E-state index in [4.69, 9.17) is 0 Å². The van der Waals surface area contributed by atoms with Gasteiger partial charge >= 0.3 is 0 Å². The molecule has 2 heterocycles. The number of rotatable bonds is 8. The summed E-state index contributed by atoms with van der Waals surface area (Å²) in [6.45, 7) is 4.80. The van der Waals surface area contributed by atoms with E-state index in [1.54, 1.807) is 24.3 Å². The van der Waals surface area contributed by atoms with Crippen LogP contribution in [0.5, 0.6) is 0 Å². The van der Waals surface area contributed by atoms with Crippen LogP contribution in [0.2, 0.25) is 0 Å². The Labute approximate surface area is 201 Å². The first-order valence-corrected chi connectivity index (χ1v) is 12.1. The van der Waals surface area contributed by atoms with E-state index >= 15 is 0 Å². The molecule has 0 atom stereocenters. The molecule has 0 unspecified atom stereocenters. The molecule has 0 saturated carbocycles. The second-order valence-electron chi connectivity index (χ2n) is 8.07. The number of nitrogens with one attached hydrogen (secondary N) is 2. The van der Waals surface area contributed by atoms with Gasteiger partial charge in [-0.3, -0.25) is 19.0 Å². The van der Waals surface area contributed by atoms with Crippen LogP contribution in [0.4, 0.5) is 5.69 Å². The molecule has 0 fully saturated rings. The molecule has 8 heteroatoms. The summed E-state index contributed by atoms with van der Waals surface area (Å²) in [7, 11) is 0.